The predicted molar refractivity (Wildman–Crippen MR) is 65.7 cm³/mol. The van der Waals surface area contributed by atoms with E-state index < -0.39 is 0 Å². The molecule has 0 saturated heterocycles. The van der Waals surface area contributed by atoms with Crippen molar-refractivity contribution in [2.24, 2.45) is 0 Å². The molecule has 0 aliphatic rings. The fraction of sp³-hybridized carbons (Fsp3) is 0.214. The maximum atomic E-state index is 5.24. The van der Waals surface area contributed by atoms with E-state index >= 15 is 0 Å². The molecule has 0 bridgehead atoms. The van der Waals surface area contributed by atoms with Crippen molar-refractivity contribution < 1.29 is 4.74 Å². The SMILES string of the molecule is COc1ccc(-c2cccc(C)n2)cc1C. The van der Waals surface area contributed by atoms with Crippen LogP contribution < -0.4 is 4.74 Å². The highest BCUT2D eigenvalue weighted by atomic mass is 16.5. The summed E-state index contributed by atoms with van der Waals surface area (Å²) in [5, 5.41) is 0. The Labute approximate surface area is 95.9 Å². The van der Waals surface area contributed by atoms with E-state index in [1.807, 2.05) is 44.2 Å². The molecule has 16 heavy (non-hydrogen) atoms. The van der Waals surface area contributed by atoms with Gasteiger partial charge in [-0.3, -0.25) is 4.98 Å². The van der Waals surface area contributed by atoms with Crippen LogP contribution in [0.5, 0.6) is 5.75 Å². The van der Waals surface area contributed by atoms with Gasteiger partial charge in [-0.15, -0.1) is 0 Å². The summed E-state index contributed by atoms with van der Waals surface area (Å²) in [6, 6.07) is 12.2. The molecule has 1 aromatic heterocycles. The van der Waals surface area contributed by atoms with E-state index in [2.05, 4.69) is 11.1 Å². The van der Waals surface area contributed by atoms with Crippen molar-refractivity contribution >= 4 is 0 Å². The maximum Gasteiger partial charge on any atom is 0.121 e. The van der Waals surface area contributed by atoms with Crippen molar-refractivity contribution in [3.8, 4) is 17.0 Å². The molecule has 0 amide bonds. The summed E-state index contributed by atoms with van der Waals surface area (Å²) in [6.07, 6.45) is 0. The van der Waals surface area contributed by atoms with Crippen LogP contribution >= 0.6 is 0 Å². The van der Waals surface area contributed by atoms with Crippen molar-refractivity contribution in [1.82, 2.24) is 4.98 Å². The van der Waals surface area contributed by atoms with Gasteiger partial charge >= 0.3 is 0 Å². The first-order valence-corrected chi connectivity index (χ1v) is 5.29. The molecule has 0 radical (unpaired) electrons. The van der Waals surface area contributed by atoms with E-state index in [1.54, 1.807) is 7.11 Å². The second-order valence-electron chi connectivity index (χ2n) is 3.85. The fourth-order valence-electron chi connectivity index (χ4n) is 1.74. The molecule has 2 nitrogen and oxygen atoms in total. The number of pyridine rings is 1. The van der Waals surface area contributed by atoms with Crippen LogP contribution in [0.4, 0.5) is 0 Å². The summed E-state index contributed by atoms with van der Waals surface area (Å²) < 4.78 is 5.24. The molecule has 0 aliphatic carbocycles. The molecule has 0 N–H and O–H groups in total. The summed E-state index contributed by atoms with van der Waals surface area (Å²) in [5.41, 5.74) is 4.29. The van der Waals surface area contributed by atoms with E-state index in [-0.39, 0.29) is 0 Å². The number of nitrogens with zero attached hydrogens (tertiary/aromatic N) is 1. The van der Waals surface area contributed by atoms with Crippen LogP contribution in [0, 0.1) is 13.8 Å². The van der Waals surface area contributed by atoms with Gasteiger partial charge in [0, 0.05) is 11.3 Å². The van der Waals surface area contributed by atoms with Crippen LogP contribution in [-0.2, 0) is 0 Å². The molecular weight excluding hydrogens is 198 g/mol. The van der Waals surface area contributed by atoms with Gasteiger partial charge < -0.3 is 4.74 Å². The second-order valence-corrected chi connectivity index (χ2v) is 3.85. The number of methoxy groups -OCH3 is 1. The van der Waals surface area contributed by atoms with E-state index in [0.717, 1.165) is 28.3 Å². The average molecular weight is 213 g/mol. The van der Waals surface area contributed by atoms with E-state index in [4.69, 9.17) is 4.74 Å². The number of ether oxygens (including phenoxy) is 1. The van der Waals surface area contributed by atoms with Gasteiger partial charge in [0.15, 0.2) is 0 Å². The van der Waals surface area contributed by atoms with Crippen molar-refractivity contribution in [2.75, 3.05) is 7.11 Å². The van der Waals surface area contributed by atoms with Gasteiger partial charge in [0.2, 0.25) is 0 Å². The first-order valence-electron chi connectivity index (χ1n) is 5.29. The van der Waals surface area contributed by atoms with Crippen LogP contribution in [-0.4, -0.2) is 12.1 Å². The number of aromatic nitrogens is 1. The maximum absolute atomic E-state index is 5.24. The minimum atomic E-state index is 0.913. The zero-order valence-electron chi connectivity index (χ0n) is 9.82. The van der Waals surface area contributed by atoms with E-state index in [1.165, 1.54) is 0 Å². The predicted octanol–water partition coefficient (Wildman–Crippen LogP) is 3.37. The molecule has 0 fully saturated rings. The van der Waals surface area contributed by atoms with Crippen LogP contribution in [0.3, 0.4) is 0 Å². The fourth-order valence-corrected chi connectivity index (χ4v) is 1.74. The molecule has 0 aliphatic heterocycles. The number of benzene rings is 1. The topological polar surface area (TPSA) is 22.1 Å². The number of hydrogen-bond acceptors (Lipinski definition) is 2. The summed E-state index contributed by atoms with van der Waals surface area (Å²) in [4.78, 5) is 4.50. The Bertz CT molecular complexity index is 506. The minimum absolute atomic E-state index is 0.913. The summed E-state index contributed by atoms with van der Waals surface area (Å²) in [6.45, 7) is 4.04. The standard InChI is InChI=1S/C14H15NO/c1-10-9-12(7-8-14(10)16-3)13-6-4-5-11(2)15-13/h4-9H,1-3H3. The Hall–Kier alpha value is -1.83. The number of hydrogen-bond donors (Lipinski definition) is 0. The minimum Gasteiger partial charge on any atom is -0.496 e. The highest BCUT2D eigenvalue weighted by Gasteiger charge is 2.03. The largest absolute Gasteiger partial charge is 0.496 e. The molecule has 2 rings (SSSR count). The summed E-state index contributed by atoms with van der Waals surface area (Å²) in [7, 11) is 1.69. The smallest absolute Gasteiger partial charge is 0.121 e. The Kier molecular flexibility index (Phi) is 2.91. The molecular formula is C14H15NO. The lowest BCUT2D eigenvalue weighted by molar-refractivity contribution is 0.412. The molecule has 2 aromatic rings. The quantitative estimate of drug-likeness (QED) is 0.763. The average Bonchev–Trinajstić information content (AvgIpc) is 2.29. The van der Waals surface area contributed by atoms with Gasteiger partial charge in [-0.05, 0) is 49.7 Å². The van der Waals surface area contributed by atoms with Gasteiger partial charge in [-0.1, -0.05) is 6.07 Å². The third kappa shape index (κ3) is 2.06. The van der Waals surface area contributed by atoms with Crippen LogP contribution in [0.1, 0.15) is 11.3 Å². The third-order valence-corrected chi connectivity index (χ3v) is 2.58. The lowest BCUT2D eigenvalue weighted by atomic mass is 10.1. The van der Waals surface area contributed by atoms with Gasteiger partial charge in [0.1, 0.15) is 5.75 Å². The number of rotatable bonds is 2. The van der Waals surface area contributed by atoms with Crippen molar-refractivity contribution in [1.29, 1.82) is 0 Å². The van der Waals surface area contributed by atoms with Crippen molar-refractivity contribution in [2.45, 2.75) is 13.8 Å². The van der Waals surface area contributed by atoms with Crippen molar-refractivity contribution in [3.63, 3.8) is 0 Å². The van der Waals surface area contributed by atoms with Gasteiger partial charge in [0.25, 0.3) is 0 Å². The molecule has 0 spiro atoms. The Morgan fingerprint density at radius 2 is 1.88 bits per heavy atom. The van der Waals surface area contributed by atoms with Crippen molar-refractivity contribution in [3.05, 3.63) is 47.7 Å². The van der Waals surface area contributed by atoms with E-state index in [9.17, 15) is 0 Å². The molecule has 0 unspecified atom stereocenters. The zero-order valence-corrected chi connectivity index (χ0v) is 9.82. The second kappa shape index (κ2) is 4.35. The van der Waals surface area contributed by atoms with E-state index in [0.29, 0.717) is 0 Å². The molecule has 0 atom stereocenters. The first kappa shape index (κ1) is 10.7. The van der Waals surface area contributed by atoms with Gasteiger partial charge in [0.05, 0.1) is 12.8 Å². The lowest BCUT2D eigenvalue weighted by Gasteiger charge is -2.07. The highest BCUT2D eigenvalue weighted by Crippen LogP contribution is 2.24. The van der Waals surface area contributed by atoms with Crippen LogP contribution in [0.15, 0.2) is 36.4 Å². The Morgan fingerprint density at radius 1 is 1.06 bits per heavy atom. The molecule has 1 heterocycles. The third-order valence-electron chi connectivity index (χ3n) is 2.58. The normalized spacial score (nSPS) is 10.2. The monoisotopic (exact) mass is 213 g/mol. The molecule has 0 saturated carbocycles. The molecule has 82 valence electrons. The summed E-state index contributed by atoms with van der Waals surface area (Å²) >= 11 is 0. The Morgan fingerprint density at radius 3 is 2.50 bits per heavy atom. The zero-order chi connectivity index (χ0) is 11.5. The van der Waals surface area contributed by atoms with Crippen LogP contribution in [0.25, 0.3) is 11.3 Å². The first-order chi connectivity index (χ1) is 7.70. The van der Waals surface area contributed by atoms with Gasteiger partial charge in [-0.2, -0.15) is 0 Å². The lowest BCUT2D eigenvalue weighted by Crippen LogP contribution is -1.90. The molecule has 1 aromatic carbocycles. The highest BCUT2D eigenvalue weighted by molar-refractivity contribution is 5.62. The van der Waals surface area contributed by atoms with Crippen LogP contribution in [0.2, 0.25) is 0 Å². The number of aryl methyl sites for hydroxylation is 2. The van der Waals surface area contributed by atoms with Gasteiger partial charge in [-0.25, -0.2) is 0 Å². The molecule has 2 heteroatoms. The summed E-state index contributed by atoms with van der Waals surface area (Å²) in [5.74, 6) is 0.913. The Balaban J connectivity index is 2.45.